The molecule has 0 unspecified atom stereocenters. The Morgan fingerprint density at radius 1 is 1.29 bits per heavy atom. The van der Waals surface area contributed by atoms with Crippen LogP contribution in [0.4, 0.5) is 5.69 Å². The van der Waals surface area contributed by atoms with E-state index in [1.54, 1.807) is 0 Å². The molecule has 0 heterocycles. The molecule has 1 aromatic rings. The van der Waals surface area contributed by atoms with Crippen molar-refractivity contribution in [1.29, 1.82) is 0 Å². The summed E-state index contributed by atoms with van der Waals surface area (Å²) < 4.78 is 2.85. The lowest BCUT2D eigenvalue weighted by molar-refractivity contribution is -0.384. The third-order valence-electron chi connectivity index (χ3n) is 2.44. The van der Waals surface area contributed by atoms with Crippen molar-refractivity contribution in [2.24, 2.45) is 0 Å². The van der Waals surface area contributed by atoms with E-state index in [0.29, 0.717) is 0 Å². The van der Waals surface area contributed by atoms with Crippen LogP contribution in [0.25, 0.3) is 0 Å². The first-order chi connectivity index (χ1) is 9.61. The van der Waals surface area contributed by atoms with Gasteiger partial charge >= 0.3 is 5.97 Å². The Morgan fingerprint density at radius 2 is 1.81 bits per heavy atom. The SMILES string of the molecule is CC(=O)O[C@@H](CC(=O)c1ccc([N+](=O)[O-])cc1)C(Cl)(Cl)Cl. The number of non-ortho nitro benzene ring substituents is 1. The van der Waals surface area contributed by atoms with Gasteiger partial charge in [-0.2, -0.15) is 0 Å². The minimum Gasteiger partial charge on any atom is -0.458 e. The number of rotatable bonds is 5. The molecule has 114 valence electrons. The van der Waals surface area contributed by atoms with E-state index in [2.05, 4.69) is 0 Å². The van der Waals surface area contributed by atoms with Crippen LogP contribution in [0.5, 0.6) is 0 Å². The van der Waals surface area contributed by atoms with Crippen LogP contribution < -0.4 is 0 Å². The van der Waals surface area contributed by atoms with Crippen molar-refractivity contribution in [3.8, 4) is 0 Å². The molecule has 0 aliphatic carbocycles. The van der Waals surface area contributed by atoms with Crippen molar-refractivity contribution >= 4 is 52.2 Å². The highest BCUT2D eigenvalue weighted by Gasteiger charge is 2.37. The van der Waals surface area contributed by atoms with Crippen molar-refractivity contribution < 1.29 is 19.2 Å². The molecule has 1 rings (SSSR count). The molecule has 6 nitrogen and oxygen atoms in total. The molecule has 1 atom stereocenters. The summed E-state index contributed by atoms with van der Waals surface area (Å²) in [7, 11) is 0. The smallest absolute Gasteiger partial charge is 0.303 e. The third-order valence-corrected chi connectivity index (χ3v) is 3.17. The van der Waals surface area contributed by atoms with Gasteiger partial charge in [-0.25, -0.2) is 0 Å². The van der Waals surface area contributed by atoms with Crippen LogP contribution in [0.1, 0.15) is 23.7 Å². The van der Waals surface area contributed by atoms with Crippen molar-refractivity contribution in [1.82, 2.24) is 0 Å². The predicted molar refractivity (Wildman–Crippen MR) is 77.9 cm³/mol. The van der Waals surface area contributed by atoms with E-state index in [-0.39, 0.29) is 17.7 Å². The molecule has 0 fully saturated rings. The summed E-state index contributed by atoms with van der Waals surface area (Å²) in [4.78, 5) is 32.9. The van der Waals surface area contributed by atoms with Crippen LogP contribution in [0, 0.1) is 10.1 Å². The third kappa shape index (κ3) is 5.49. The molecule has 0 aromatic heterocycles. The number of ketones is 1. The molecular weight excluding hydrogens is 344 g/mol. The molecule has 0 saturated heterocycles. The average molecular weight is 355 g/mol. The summed E-state index contributed by atoms with van der Waals surface area (Å²) in [5, 5.41) is 10.5. The Bertz CT molecular complexity index is 553. The lowest BCUT2D eigenvalue weighted by atomic mass is 10.1. The van der Waals surface area contributed by atoms with Gasteiger partial charge in [-0.15, -0.1) is 0 Å². The first kappa shape index (κ1) is 17.7. The maximum absolute atomic E-state index is 12.0. The average Bonchev–Trinajstić information content (AvgIpc) is 2.36. The van der Waals surface area contributed by atoms with Gasteiger partial charge in [-0.1, -0.05) is 34.8 Å². The fourth-order valence-corrected chi connectivity index (χ4v) is 1.84. The summed E-state index contributed by atoms with van der Waals surface area (Å²) >= 11 is 17.0. The monoisotopic (exact) mass is 353 g/mol. The molecule has 0 N–H and O–H groups in total. The number of carbonyl (C=O) groups excluding carboxylic acids is 2. The van der Waals surface area contributed by atoms with Crippen molar-refractivity contribution in [2.75, 3.05) is 0 Å². The van der Waals surface area contributed by atoms with Crippen LogP contribution in [0.15, 0.2) is 24.3 Å². The molecule has 1 aromatic carbocycles. The summed E-state index contributed by atoms with van der Waals surface area (Å²) in [6, 6.07) is 4.93. The van der Waals surface area contributed by atoms with Crippen molar-refractivity contribution in [3.63, 3.8) is 0 Å². The Morgan fingerprint density at radius 3 is 2.19 bits per heavy atom. The fourth-order valence-electron chi connectivity index (χ4n) is 1.48. The summed E-state index contributed by atoms with van der Waals surface area (Å²) in [6.07, 6.45) is -1.60. The van der Waals surface area contributed by atoms with Gasteiger partial charge in [0.25, 0.3) is 5.69 Å². The van der Waals surface area contributed by atoms with E-state index in [1.165, 1.54) is 24.3 Å². The highest BCUT2D eigenvalue weighted by molar-refractivity contribution is 6.68. The molecule has 0 saturated carbocycles. The molecule has 0 bridgehead atoms. The van der Waals surface area contributed by atoms with E-state index in [4.69, 9.17) is 39.5 Å². The van der Waals surface area contributed by atoms with E-state index < -0.39 is 26.6 Å². The molecule has 9 heteroatoms. The number of Topliss-reactive ketones (excluding diaryl/α,β-unsaturated/α-hetero) is 1. The number of ether oxygens (including phenoxy) is 1. The van der Waals surface area contributed by atoms with Crippen LogP contribution in [0.2, 0.25) is 0 Å². The van der Waals surface area contributed by atoms with Crippen LogP contribution in [-0.4, -0.2) is 26.6 Å². The molecule has 21 heavy (non-hydrogen) atoms. The van der Waals surface area contributed by atoms with E-state index >= 15 is 0 Å². The second-order valence-corrected chi connectivity index (χ2v) is 6.44. The first-order valence-corrected chi connectivity index (χ1v) is 6.76. The number of nitro benzene ring substituents is 1. The predicted octanol–water partition coefficient (Wildman–Crippen LogP) is 3.47. The Hall–Kier alpha value is -1.37. The highest BCUT2D eigenvalue weighted by Crippen LogP contribution is 2.34. The maximum atomic E-state index is 12.0. The van der Waals surface area contributed by atoms with Crippen LogP contribution in [-0.2, 0) is 9.53 Å². The van der Waals surface area contributed by atoms with E-state index in [0.717, 1.165) is 6.92 Å². The van der Waals surface area contributed by atoms with Gasteiger partial charge in [0, 0.05) is 24.6 Å². The largest absolute Gasteiger partial charge is 0.458 e. The first-order valence-electron chi connectivity index (χ1n) is 5.63. The quantitative estimate of drug-likeness (QED) is 0.266. The molecular formula is C12H10Cl3NO5. The molecule has 0 aliphatic rings. The zero-order chi connectivity index (χ0) is 16.2. The zero-order valence-corrected chi connectivity index (χ0v) is 13.0. The number of alkyl halides is 3. The number of hydrogen-bond acceptors (Lipinski definition) is 5. The minimum atomic E-state index is -1.96. The lowest BCUT2D eigenvalue weighted by Gasteiger charge is -2.23. The number of halogens is 3. The topological polar surface area (TPSA) is 86.5 Å². The zero-order valence-electron chi connectivity index (χ0n) is 10.7. The number of esters is 1. The molecule has 0 spiro atoms. The van der Waals surface area contributed by atoms with Gasteiger partial charge < -0.3 is 4.74 Å². The maximum Gasteiger partial charge on any atom is 0.303 e. The number of benzene rings is 1. The number of hydrogen-bond donors (Lipinski definition) is 0. The van der Waals surface area contributed by atoms with Crippen LogP contribution >= 0.6 is 34.8 Å². The second-order valence-electron chi connectivity index (χ2n) is 4.07. The van der Waals surface area contributed by atoms with Crippen LogP contribution in [0.3, 0.4) is 0 Å². The summed E-state index contributed by atoms with van der Waals surface area (Å²) in [6.45, 7) is 1.12. The normalized spacial score (nSPS) is 12.6. The second kappa shape index (κ2) is 7.06. The van der Waals surface area contributed by atoms with E-state index in [1.807, 2.05) is 0 Å². The summed E-state index contributed by atoms with van der Waals surface area (Å²) in [5.41, 5.74) is 0.0384. The minimum absolute atomic E-state index is 0.149. The summed E-state index contributed by atoms with van der Waals surface area (Å²) in [5.74, 6) is -1.16. The van der Waals surface area contributed by atoms with Gasteiger partial charge in [-0.05, 0) is 12.1 Å². The van der Waals surface area contributed by atoms with E-state index in [9.17, 15) is 19.7 Å². The van der Waals surface area contributed by atoms with Gasteiger partial charge in [-0.3, -0.25) is 19.7 Å². The Kier molecular flexibility index (Phi) is 5.95. The van der Waals surface area contributed by atoms with Crippen molar-refractivity contribution in [3.05, 3.63) is 39.9 Å². The Balaban J connectivity index is 2.86. The van der Waals surface area contributed by atoms with Gasteiger partial charge in [0.15, 0.2) is 11.9 Å². The highest BCUT2D eigenvalue weighted by atomic mass is 35.6. The fraction of sp³-hybridized carbons (Fsp3) is 0.333. The lowest BCUT2D eigenvalue weighted by Crippen LogP contribution is -2.32. The number of nitro groups is 1. The van der Waals surface area contributed by atoms with Gasteiger partial charge in [0.2, 0.25) is 3.79 Å². The van der Waals surface area contributed by atoms with Gasteiger partial charge in [0.05, 0.1) is 11.3 Å². The molecule has 0 radical (unpaired) electrons. The van der Waals surface area contributed by atoms with Gasteiger partial charge in [0.1, 0.15) is 0 Å². The van der Waals surface area contributed by atoms with Crippen molar-refractivity contribution in [2.45, 2.75) is 23.2 Å². The number of carbonyl (C=O) groups is 2. The molecule has 0 aliphatic heterocycles. The molecule has 0 amide bonds. The number of nitrogens with zero attached hydrogens (tertiary/aromatic N) is 1. The standard InChI is InChI=1S/C12H10Cl3NO5/c1-7(17)21-11(12(13,14)15)6-10(18)8-2-4-9(5-3-8)16(19)20/h2-5,11H,6H2,1H3/t11-/m0/s1. The Labute approximate surface area is 135 Å².